The Morgan fingerprint density at radius 2 is 2.11 bits per heavy atom. The molecule has 0 fully saturated rings. The first-order valence-electron chi connectivity index (χ1n) is 6.49. The molecule has 1 aliphatic carbocycles. The highest BCUT2D eigenvalue weighted by molar-refractivity contribution is 5.97. The third kappa shape index (κ3) is 3.00. The van der Waals surface area contributed by atoms with Gasteiger partial charge < -0.3 is 9.30 Å². The van der Waals surface area contributed by atoms with Crippen molar-refractivity contribution < 1.29 is 14.3 Å². The summed E-state index contributed by atoms with van der Waals surface area (Å²) in [5.41, 5.74) is 2.04. The lowest BCUT2D eigenvalue weighted by molar-refractivity contribution is -0.140. The molecule has 1 aromatic rings. The van der Waals surface area contributed by atoms with Gasteiger partial charge in [-0.25, -0.2) is 0 Å². The Morgan fingerprint density at radius 1 is 1.33 bits per heavy atom. The Balaban J connectivity index is 1.97. The quantitative estimate of drug-likeness (QED) is 0.608. The topological polar surface area (TPSA) is 48.3 Å². The molecule has 1 heterocycles. The highest BCUT2D eigenvalue weighted by atomic mass is 16.5. The van der Waals surface area contributed by atoms with E-state index in [0.717, 1.165) is 43.4 Å². The van der Waals surface area contributed by atoms with Crippen molar-refractivity contribution in [3.8, 4) is 0 Å². The number of carbonyl (C=O) groups is 2. The van der Waals surface area contributed by atoms with Gasteiger partial charge in [-0.2, -0.15) is 0 Å². The molecule has 0 spiro atoms. The van der Waals surface area contributed by atoms with Gasteiger partial charge in [0.15, 0.2) is 5.78 Å². The van der Waals surface area contributed by atoms with Crippen LogP contribution in [0.2, 0.25) is 0 Å². The number of ketones is 1. The number of ether oxygens (including phenoxy) is 1. The number of hydrogen-bond acceptors (Lipinski definition) is 3. The molecule has 0 amide bonds. The molecule has 0 aliphatic heterocycles. The number of hydrogen-bond donors (Lipinski definition) is 0. The fraction of sp³-hybridized carbons (Fsp3) is 0.571. The summed E-state index contributed by atoms with van der Waals surface area (Å²) >= 11 is 0. The van der Waals surface area contributed by atoms with Gasteiger partial charge in [0.2, 0.25) is 0 Å². The van der Waals surface area contributed by atoms with Crippen molar-refractivity contribution >= 4 is 11.8 Å². The van der Waals surface area contributed by atoms with E-state index >= 15 is 0 Å². The highest BCUT2D eigenvalue weighted by Gasteiger charge is 2.17. The molecule has 4 heteroatoms. The SMILES string of the molecule is COC(=O)CCCn1cc2c(c1)C(=O)CCCC2. The number of carbonyl (C=O) groups excluding carboxylic acids is 2. The molecule has 0 radical (unpaired) electrons. The monoisotopic (exact) mass is 249 g/mol. The van der Waals surface area contributed by atoms with Crippen molar-refractivity contribution in [1.82, 2.24) is 4.57 Å². The lowest BCUT2D eigenvalue weighted by Gasteiger charge is -2.02. The second-order valence-corrected chi connectivity index (χ2v) is 4.74. The Labute approximate surface area is 107 Å². The van der Waals surface area contributed by atoms with Crippen LogP contribution in [-0.4, -0.2) is 23.4 Å². The predicted molar refractivity (Wildman–Crippen MR) is 67.6 cm³/mol. The molecule has 0 unspecified atom stereocenters. The number of rotatable bonds is 4. The third-order valence-corrected chi connectivity index (χ3v) is 3.39. The Hall–Kier alpha value is -1.58. The number of Topliss-reactive ketones (excluding diaryl/α,β-unsaturated/α-hetero) is 1. The summed E-state index contributed by atoms with van der Waals surface area (Å²) in [6, 6.07) is 0. The van der Waals surface area contributed by atoms with Gasteiger partial charge in [-0.3, -0.25) is 9.59 Å². The van der Waals surface area contributed by atoms with Crippen LogP contribution < -0.4 is 0 Å². The van der Waals surface area contributed by atoms with Gasteiger partial charge in [-0.15, -0.1) is 0 Å². The van der Waals surface area contributed by atoms with Crippen molar-refractivity contribution in [2.75, 3.05) is 7.11 Å². The van der Waals surface area contributed by atoms with Crippen LogP contribution in [0.4, 0.5) is 0 Å². The van der Waals surface area contributed by atoms with E-state index in [1.807, 2.05) is 10.8 Å². The average molecular weight is 249 g/mol. The fourth-order valence-electron chi connectivity index (χ4n) is 2.38. The van der Waals surface area contributed by atoms with Crippen LogP contribution >= 0.6 is 0 Å². The number of aromatic nitrogens is 1. The standard InChI is InChI=1S/C14H19NO3/c1-18-14(17)7-4-8-15-9-11-5-2-3-6-13(16)12(11)10-15/h9-10H,2-8H2,1H3. The zero-order valence-electron chi connectivity index (χ0n) is 10.8. The second kappa shape index (κ2) is 5.85. The number of fused-ring (bicyclic) bond motifs is 1. The van der Waals surface area contributed by atoms with Crippen molar-refractivity contribution in [3.63, 3.8) is 0 Å². The van der Waals surface area contributed by atoms with Crippen LogP contribution in [0.15, 0.2) is 12.4 Å². The van der Waals surface area contributed by atoms with E-state index in [2.05, 4.69) is 10.9 Å². The van der Waals surface area contributed by atoms with Gasteiger partial charge >= 0.3 is 5.97 Å². The van der Waals surface area contributed by atoms with E-state index in [1.165, 1.54) is 7.11 Å². The van der Waals surface area contributed by atoms with E-state index in [-0.39, 0.29) is 11.8 Å². The van der Waals surface area contributed by atoms with Crippen LogP contribution in [0.1, 0.15) is 48.0 Å². The molecule has 0 saturated carbocycles. The molecule has 1 aromatic heterocycles. The van der Waals surface area contributed by atoms with Gasteiger partial charge in [-0.05, 0) is 31.2 Å². The second-order valence-electron chi connectivity index (χ2n) is 4.74. The maximum atomic E-state index is 11.9. The largest absolute Gasteiger partial charge is 0.469 e. The summed E-state index contributed by atoms with van der Waals surface area (Å²) < 4.78 is 6.63. The summed E-state index contributed by atoms with van der Waals surface area (Å²) in [4.78, 5) is 22.9. The van der Waals surface area contributed by atoms with Crippen LogP contribution in [0.5, 0.6) is 0 Å². The maximum Gasteiger partial charge on any atom is 0.305 e. The van der Waals surface area contributed by atoms with Crippen LogP contribution in [0.3, 0.4) is 0 Å². The number of aryl methyl sites for hydroxylation is 2. The van der Waals surface area contributed by atoms with Crippen LogP contribution in [-0.2, 0) is 22.5 Å². The Kier molecular flexibility index (Phi) is 4.18. The van der Waals surface area contributed by atoms with Gasteiger partial charge in [-0.1, -0.05) is 0 Å². The van der Waals surface area contributed by atoms with E-state index in [9.17, 15) is 9.59 Å². The van der Waals surface area contributed by atoms with Gasteiger partial charge in [0.25, 0.3) is 0 Å². The fourth-order valence-corrected chi connectivity index (χ4v) is 2.38. The summed E-state index contributed by atoms with van der Waals surface area (Å²) in [6.07, 6.45) is 8.89. The lowest BCUT2D eigenvalue weighted by atomic mass is 10.1. The first kappa shape index (κ1) is 12.9. The summed E-state index contributed by atoms with van der Waals surface area (Å²) in [5, 5.41) is 0. The van der Waals surface area contributed by atoms with Crippen LogP contribution in [0.25, 0.3) is 0 Å². The normalized spacial score (nSPS) is 15.1. The van der Waals surface area contributed by atoms with E-state index in [4.69, 9.17) is 0 Å². The number of esters is 1. The number of nitrogens with zero attached hydrogens (tertiary/aromatic N) is 1. The zero-order valence-corrected chi connectivity index (χ0v) is 10.8. The molecule has 0 N–H and O–H groups in total. The smallest absolute Gasteiger partial charge is 0.305 e. The molecular weight excluding hydrogens is 230 g/mol. The average Bonchev–Trinajstić information content (AvgIpc) is 2.70. The van der Waals surface area contributed by atoms with Crippen molar-refractivity contribution in [2.45, 2.75) is 45.1 Å². The molecule has 2 rings (SSSR count). The van der Waals surface area contributed by atoms with Crippen molar-refractivity contribution in [1.29, 1.82) is 0 Å². The van der Waals surface area contributed by atoms with Crippen LogP contribution in [0, 0.1) is 0 Å². The minimum absolute atomic E-state index is 0.181. The van der Waals surface area contributed by atoms with E-state index in [0.29, 0.717) is 12.8 Å². The minimum atomic E-state index is -0.181. The highest BCUT2D eigenvalue weighted by Crippen LogP contribution is 2.21. The zero-order chi connectivity index (χ0) is 13.0. The third-order valence-electron chi connectivity index (χ3n) is 3.39. The lowest BCUT2D eigenvalue weighted by Crippen LogP contribution is -2.03. The Morgan fingerprint density at radius 3 is 2.89 bits per heavy atom. The van der Waals surface area contributed by atoms with Gasteiger partial charge in [0.1, 0.15) is 0 Å². The molecule has 0 atom stereocenters. The predicted octanol–water partition coefficient (Wildman–Crippen LogP) is 2.35. The van der Waals surface area contributed by atoms with Gasteiger partial charge in [0.05, 0.1) is 7.11 Å². The molecule has 0 saturated heterocycles. The van der Waals surface area contributed by atoms with Crippen molar-refractivity contribution in [2.24, 2.45) is 0 Å². The minimum Gasteiger partial charge on any atom is -0.469 e. The first-order valence-corrected chi connectivity index (χ1v) is 6.49. The molecule has 98 valence electrons. The van der Waals surface area contributed by atoms with E-state index < -0.39 is 0 Å². The summed E-state index contributed by atoms with van der Waals surface area (Å²) in [7, 11) is 1.40. The molecule has 1 aliphatic rings. The molecule has 18 heavy (non-hydrogen) atoms. The summed E-state index contributed by atoms with van der Waals surface area (Å²) in [6.45, 7) is 0.759. The molecule has 0 bridgehead atoms. The molecule has 0 aromatic carbocycles. The summed E-state index contributed by atoms with van der Waals surface area (Å²) in [5.74, 6) is 0.0778. The van der Waals surface area contributed by atoms with E-state index in [1.54, 1.807) is 0 Å². The number of methoxy groups -OCH3 is 1. The molecular formula is C14H19NO3. The Bertz CT molecular complexity index is 448. The first-order chi connectivity index (χ1) is 8.70. The molecule has 4 nitrogen and oxygen atoms in total. The maximum absolute atomic E-state index is 11.9. The van der Waals surface area contributed by atoms with Gasteiger partial charge in [0, 0.05) is 37.3 Å². The van der Waals surface area contributed by atoms with Crippen molar-refractivity contribution in [3.05, 3.63) is 23.5 Å².